The molecule has 2 aromatic carbocycles. The SMILES string of the molecule is COc1cc(O)c2c(c1)C(=O)c1cc(CN(CCCl)CCCl)cc(O)c1C2=O. The van der Waals surface area contributed by atoms with Gasteiger partial charge in [0.15, 0.2) is 5.78 Å². The number of hydrogen-bond acceptors (Lipinski definition) is 6. The number of rotatable bonds is 7. The Morgan fingerprint density at radius 3 is 2.04 bits per heavy atom. The van der Waals surface area contributed by atoms with Gasteiger partial charge in [-0.3, -0.25) is 14.5 Å². The summed E-state index contributed by atoms with van der Waals surface area (Å²) in [6.45, 7) is 1.60. The second kappa shape index (κ2) is 8.39. The van der Waals surface area contributed by atoms with Gasteiger partial charge in [0, 0.05) is 48.6 Å². The summed E-state index contributed by atoms with van der Waals surface area (Å²) in [4.78, 5) is 27.9. The van der Waals surface area contributed by atoms with Crippen molar-refractivity contribution < 1.29 is 24.5 Å². The highest BCUT2D eigenvalue weighted by molar-refractivity contribution is 6.30. The third kappa shape index (κ3) is 3.68. The minimum Gasteiger partial charge on any atom is -0.507 e. The summed E-state index contributed by atoms with van der Waals surface area (Å²) in [5.74, 6) is -0.642. The standard InChI is InChI=1S/C20H19Cl2NO5/c1-28-12-8-14-18(16(25)9-12)20(27)17-13(19(14)26)6-11(7-15(17)24)10-23(4-2-21)5-3-22/h6-9,24-25H,2-5,10H2,1H3. The van der Waals surface area contributed by atoms with Gasteiger partial charge in [-0.05, 0) is 23.8 Å². The molecular formula is C20H19Cl2NO5. The molecule has 8 heteroatoms. The third-order valence-corrected chi connectivity index (χ3v) is 4.99. The van der Waals surface area contributed by atoms with Crippen LogP contribution >= 0.6 is 23.2 Å². The molecule has 3 rings (SSSR count). The minimum atomic E-state index is -0.604. The van der Waals surface area contributed by atoms with Gasteiger partial charge in [-0.15, -0.1) is 23.2 Å². The molecule has 0 bridgehead atoms. The number of phenols is 2. The second-order valence-corrected chi connectivity index (χ2v) is 7.17. The Morgan fingerprint density at radius 2 is 1.46 bits per heavy atom. The van der Waals surface area contributed by atoms with Gasteiger partial charge in [-0.25, -0.2) is 0 Å². The molecule has 0 saturated carbocycles. The molecule has 28 heavy (non-hydrogen) atoms. The van der Waals surface area contributed by atoms with Crippen molar-refractivity contribution in [3.63, 3.8) is 0 Å². The highest BCUT2D eigenvalue weighted by atomic mass is 35.5. The van der Waals surface area contributed by atoms with Gasteiger partial charge >= 0.3 is 0 Å². The summed E-state index contributed by atoms with van der Waals surface area (Å²) in [6, 6.07) is 5.71. The lowest BCUT2D eigenvalue weighted by atomic mass is 9.82. The number of ether oxygens (including phenoxy) is 1. The number of benzene rings is 2. The van der Waals surface area contributed by atoms with E-state index in [0.717, 1.165) is 0 Å². The van der Waals surface area contributed by atoms with E-state index < -0.39 is 11.6 Å². The van der Waals surface area contributed by atoms with E-state index in [0.29, 0.717) is 37.0 Å². The fourth-order valence-electron chi connectivity index (χ4n) is 3.37. The first kappa shape index (κ1) is 20.5. The van der Waals surface area contributed by atoms with E-state index in [1.54, 1.807) is 6.07 Å². The number of hydrogen-bond donors (Lipinski definition) is 2. The zero-order chi connectivity index (χ0) is 20.4. The van der Waals surface area contributed by atoms with Crippen molar-refractivity contribution in [3.8, 4) is 17.2 Å². The zero-order valence-electron chi connectivity index (χ0n) is 15.2. The fraction of sp³-hybridized carbons (Fsp3) is 0.300. The molecule has 2 aromatic rings. The Labute approximate surface area is 172 Å². The number of halogens is 2. The van der Waals surface area contributed by atoms with Crippen molar-refractivity contribution in [2.24, 2.45) is 0 Å². The maximum absolute atomic E-state index is 13.0. The molecule has 1 aliphatic carbocycles. The molecule has 0 atom stereocenters. The quantitative estimate of drug-likeness (QED) is 0.567. The van der Waals surface area contributed by atoms with Crippen LogP contribution in [0.15, 0.2) is 24.3 Å². The first-order valence-corrected chi connectivity index (χ1v) is 9.68. The molecular weight excluding hydrogens is 405 g/mol. The van der Waals surface area contributed by atoms with Crippen LogP contribution in [-0.2, 0) is 6.54 Å². The number of nitrogens with zero attached hydrogens (tertiary/aromatic N) is 1. The Morgan fingerprint density at radius 1 is 0.893 bits per heavy atom. The molecule has 6 nitrogen and oxygen atoms in total. The summed E-state index contributed by atoms with van der Waals surface area (Å²) >= 11 is 11.6. The van der Waals surface area contributed by atoms with Crippen LogP contribution in [0.25, 0.3) is 0 Å². The Balaban J connectivity index is 2.07. The smallest absolute Gasteiger partial charge is 0.201 e. The molecule has 0 unspecified atom stereocenters. The van der Waals surface area contributed by atoms with Crippen LogP contribution in [-0.4, -0.2) is 58.6 Å². The molecule has 0 fully saturated rings. The molecule has 0 aromatic heterocycles. The molecule has 0 radical (unpaired) electrons. The van der Waals surface area contributed by atoms with Crippen LogP contribution in [0, 0.1) is 0 Å². The molecule has 148 valence electrons. The minimum absolute atomic E-state index is 0.0456. The largest absolute Gasteiger partial charge is 0.507 e. The van der Waals surface area contributed by atoms with Crippen molar-refractivity contribution in [1.29, 1.82) is 0 Å². The van der Waals surface area contributed by atoms with Crippen LogP contribution in [0.5, 0.6) is 17.2 Å². The van der Waals surface area contributed by atoms with Gasteiger partial charge < -0.3 is 14.9 Å². The maximum Gasteiger partial charge on any atom is 0.201 e. The summed E-state index contributed by atoms with van der Waals surface area (Å²) in [7, 11) is 1.40. The summed E-state index contributed by atoms with van der Waals surface area (Å²) < 4.78 is 5.08. The highest BCUT2D eigenvalue weighted by Crippen LogP contribution is 2.39. The van der Waals surface area contributed by atoms with Gasteiger partial charge in [-0.2, -0.15) is 0 Å². The van der Waals surface area contributed by atoms with Crippen molar-refractivity contribution in [1.82, 2.24) is 4.90 Å². The first-order valence-electron chi connectivity index (χ1n) is 8.61. The number of carbonyl (C=O) groups excluding carboxylic acids is 2. The lowest BCUT2D eigenvalue weighted by molar-refractivity contribution is 0.0973. The van der Waals surface area contributed by atoms with Crippen molar-refractivity contribution in [3.05, 3.63) is 52.1 Å². The average molecular weight is 424 g/mol. The lowest BCUT2D eigenvalue weighted by Crippen LogP contribution is -2.28. The third-order valence-electron chi connectivity index (χ3n) is 4.66. The predicted octanol–water partition coefficient (Wildman–Crippen LogP) is 3.16. The van der Waals surface area contributed by atoms with E-state index in [4.69, 9.17) is 27.9 Å². The number of alkyl halides is 2. The summed E-state index contributed by atoms with van der Waals surface area (Å²) in [5, 5.41) is 20.7. The monoisotopic (exact) mass is 423 g/mol. The van der Waals surface area contributed by atoms with E-state index in [2.05, 4.69) is 0 Å². The number of carbonyl (C=O) groups is 2. The molecule has 1 aliphatic rings. The van der Waals surface area contributed by atoms with E-state index in [9.17, 15) is 19.8 Å². The Hall–Kier alpha value is -2.28. The second-order valence-electron chi connectivity index (χ2n) is 6.42. The average Bonchev–Trinajstić information content (AvgIpc) is 2.65. The predicted molar refractivity (Wildman–Crippen MR) is 106 cm³/mol. The van der Waals surface area contributed by atoms with Crippen molar-refractivity contribution in [2.75, 3.05) is 32.0 Å². The molecule has 0 amide bonds. The van der Waals surface area contributed by atoms with Crippen LogP contribution in [0.2, 0.25) is 0 Å². The van der Waals surface area contributed by atoms with Gasteiger partial charge in [0.05, 0.1) is 18.2 Å². The molecule has 2 N–H and O–H groups in total. The first-order chi connectivity index (χ1) is 13.4. The zero-order valence-corrected chi connectivity index (χ0v) is 16.7. The van der Waals surface area contributed by atoms with Crippen LogP contribution < -0.4 is 4.74 Å². The van der Waals surface area contributed by atoms with E-state index >= 15 is 0 Å². The van der Waals surface area contributed by atoms with Crippen LogP contribution in [0.1, 0.15) is 37.4 Å². The summed E-state index contributed by atoms with van der Waals surface area (Å²) in [5.41, 5.74) is 0.555. The molecule has 0 saturated heterocycles. The number of phenolic OH excluding ortho intramolecular Hbond substituents is 2. The van der Waals surface area contributed by atoms with Crippen molar-refractivity contribution >= 4 is 34.8 Å². The number of ketones is 2. The van der Waals surface area contributed by atoms with E-state index in [1.807, 2.05) is 4.90 Å². The van der Waals surface area contributed by atoms with E-state index in [-0.39, 0.29) is 39.5 Å². The number of fused-ring (bicyclic) bond motifs is 2. The molecule has 0 aliphatic heterocycles. The van der Waals surface area contributed by atoms with Gasteiger partial charge in [0.25, 0.3) is 0 Å². The molecule has 0 heterocycles. The normalized spacial score (nSPS) is 12.9. The molecule has 0 spiro atoms. The van der Waals surface area contributed by atoms with Gasteiger partial charge in [0.2, 0.25) is 5.78 Å². The van der Waals surface area contributed by atoms with Crippen molar-refractivity contribution in [2.45, 2.75) is 6.54 Å². The Kier molecular flexibility index (Phi) is 6.13. The fourth-order valence-corrected chi connectivity index (χ4v) is 3.85. The number of methoxy groups -OCH3 is 1. The highest BCUT2D eigenvalue weighted by Gasteiger charge is 2.35. The maximum atomic E-state index is 13.0. The van der Waals surface area contributed by atoms with Crippen LogP contribution in [0.3, 0.4) is 0 Å². The van der Waals surface area contributed by atoms with Crippen LogP contribution in [0.4, 0.5) is 0 Å². The Bertz CT molecular complexity index is 939. The lowest BCUT2D eigenvalue weighted by Gasteiger charge is -2.23. The van der Waals surface area contributed by atoms with Gasteiger partial charge in [-0.1, -0.05) is 0 Å². The topological polar surface area (TPSA) is 87.1 Å². The van der Waals surface area contributed by atoms with Gasteiger partial charge in [0.1, 0.15) is 17.2 Å². The van der Waals surface area contributed by atoms with E-state index in [1.165, 1.54) is 25.3 Å². The summed E-state index contributed by atoms with van der Waals surface area (Å²) in [6.07, 6.45) is 0. The number of aromatic hydroxyl groups is 2.